The molecule has 0 saturated carbocycles. The number of nitrogens with zero attached hydrogens (tertiary/aromatic N) is 2. The number of halogens is 1. The lowest BCUT2D eigenvalue weighted by molar-refractivity contribution is -0.00000383. The van der Waals surface area contributed by atoms with Gasteiger partial charge in [0.1, 0.15) is 5.65 Å². The van der Waals surface area contributed by atoms with Crippen LogP contribution in [0.15, 0.2) is 48.7 Å². The van der Waals surface area contributed by atoms with Crippen molar-refractivity contribution in [2.24, 2.45) is 0 Å². The topological polar surface area (TPSA) is 17.3 Å². The number of aryl methyl sites for hydroxylation is 2. The van der Waals surface area contributed by atoms with Crippen LogP contribution in [0.2, 0.25) is 0 Å². The number of rotatable bonds is 2. The minimum absolute atomic E-state index is 0. The van der Waals surface area contributed by atoms with Gasteiger partial charge in [-0.3, -0.25) is 0 Å². The second-order valence-electron chi connectivity index (χ2n) is 4.57. The highest BCUT2D eigenvalue weighted by molar-refractivity contribution is 5.63. The first kappa shape index (κ1) is 14.1. The molecule has 19 heavy (non-hydrogen) atoms. The molecule has 2 aromatic heterocycles. The van der Waals surface area contributed by atoms with E-state index in [1.165, 1.54) is 16.8 Å². The van der Waals surface area contributed by atoms with E-state index in [-0.39, 0.29) is 24.0 Å². The molecular formula is C16H16IN2-. The molecule has 0 aliphatic heterocycles. The molecule has 3 heteroatoms. The smallest absolute Gasteiger partial charge is 0.137 e. The zero-order valence-corrected chi connectivity index (χ0v) is 13.3. The molecule has 98 valence electrons. The highest BCUT2D eigenvalue weighted by Crippen LogP contribution is 2.20. The van der Waals surface area contributed by atoms with Crippen molar-refractivity contribution in [1.82, 2.24) is 9.38 Å². The standard InChI is InChI=1S/C16H16N2.HI/c1-3-13-7-9-14(10-8-13)15-11-18-12(2)5-4-6-16(18)17-15;/h4-11H,3H2,1-2H3;1H/p-1. The van der Waals surface area contributed by atoms with Gasteiger partial charge in [0.25, 0.3) is 0 Å². The second kappa shape index (κ2) is 5.74. The Morgan fingerprint density at radius 3 is 2.42 bits per heavy atom. The van der Waals surface area contributed by atoms with Crippen molar-refractivity contribution < 1.29 is 24.0 Å². The molecular weight excluding hydrogens is 347 g/mol. The Morgan fingerprint density at radius 1 is 1.05 bits per heavy atom. The lowest BCUT2D eigenvalue weighted by Crippen LogP contribution is -3.00. The summed E-state index contributed by atoms with van der Waals surface area (Å²) in [5.74, 6) is 0. The fourth-order valence-electron chi connectivity index (χ4n) is 2.20. The van der Waals surface area contributed by atoms with Crippen LogP contribution in [0.3, 0.4) is 0 Å². The first-order chi connectivity index (χ1) is 8.78. The lowest BCUT2D eigenvalue weighted by Gasteiger charge is -1.98. The van der Waals surface area contributed by atoms with Crippen LogP contribution < -0.4 is 24.0 Å². The molecule has 0 radical (unpaired) electrons. The molecule has 0 spiro atoms. The average Bonchev–Trinajstić information content (AvgIpc) is 2.84. The maximum absolute atomic E-state index is 4.66. The monoisotopic (exact) mass is 363 g/mol. The Morgan fingerprint density at radius 2 is 1.79 bits per heavy atom. The molecule has 0 amide bonds. The molecule has 0 unspecified atom stereocenters. The molecule has 0 fully saturated rings. The van der Waals surface area contributed by atoms with Crippen LogP contribution in [-0.2, 0) is 6.42 Å². The summed E-state index contributed by atoms with van der Waals surface area (Å²) < 4.78 is 2.13. The van der Waals surface area contributed by atoms with Gasteiger partial charge in [0.15, 0.2) is 0 Å². The van der Waals surface area contributed by atoms with Crippen LogP contribution in [0.1, 0.15) is 18.2 Å². The summed E-state index contributed by atoms with van der Waals surface area (Å²) in [4.78, 5) is 4.66. The van der Waals surface area contributed by atoms with E-state index < -0.39 is 0 Å². The van der Waals surface area contributed by atoms with Crippen molar-refractivity contribution in [3.8, 4) is 11.3 Å². The Hall–Kier alpha value is -1.36. The van der Waals surface area contributed by atoms with Crippen molar-refractivity contribution in [1.29, 1.82) is 0 Å². The summed E-state index contributed by atoms with van der Waals surface area (Å²) in [6, 6.07) is 14.8. The molecule has 0 bridgehead atoms. The van der Waals surface area contributed by atoms with Gasteiger partial charge < -0.3 is 28.4 Å². The van der Waals surface area contributed by atoms with Crippen LogP contribution in [0.4, 0.5) is 0 Å². The summed E-state index contributed by atoms with van der Waals surface area (Å²) in [6.07, 6.45) is 3.18. The van der Waals surface area contributed by atoms with E-state index in [2.05, 4.69) is 59.8 Å². The minimum atomic E-state index is 0. The zero-order valence-electron chi connectivity index (χ0n) is 11.1. The number of hydrogen-bond donors (Lipinski definition) is 0. The highest BCUT2D eigenvalue weighted by Gasteiger charge is 2.05. The summed E-state index contributed by atoms with van der Waals surface area (Å²) >= 11 is 0. The van der Waals surface area contributed by atoms with Gasteiger partial charge in [-0.2, -0.15) is 0 Å². The van der Waals surface area contributed by atoms with Gasteiger partial charge in [-0.1, -0.05) is 37.3 Å². The van der Waals surface area contributed by atoms with E-state index in [9.17, 15) is 0 Å². The fraction of sp³-hybridized carbons (Fsp3) is 0.188. The Balaban J connectivity index is 0.00000133. The van der Waals surface area contributed by atoms with E-state index in [1.807, 2.05) is 12.1 Å². The van der Waals surface area contributed by atoms with Crippen molar-refractivity contribution in [3.05, 3.63) is 59.9 Å². The van der Waals surface area contributed by atoms with E-state index in [1.54, 1.807) is 0 Å². The van der Waals surface area contributed by atoms with E-state index in [0.29, 0.717) is 0 Å². The molecule has 1 aromatic carbocycles. The predicted octanol–water partition coefficient (Wildman–Crippen LogP) is 0.876. The molecule has 3 aromatic rings. The van der Waals surface area contributed by atoms with Gasteiger partial charge in [0.05, 0.1) is 5.69 Å². The van der Waals surface area contributed by atoms with Crippen molar-refractivity contribution in [2.75, 3.05) is 0 Å². The Kier molecular flexibility index (Phi) is 4.24. The molecule has 0 aliphatic rings. The van der Waals surface area contributed by atoms with Crippen LogP contribution >= 0.6 is 0 Å². The van der Waals surface area contributed by atoms with Gasteiger partial charge in [-0.05, 0) is 31.0 Å². The third-order valence-electron chi connectivity index (χ3n) is 3.35. The maximum atomic E-state index is 4.66. The normalized spacial score (nSPS) is 10.4. The number of fused-ring (bicyclic) bond motifs is 1. The number of hydrogen-bond acceptors (Lipinski definition) is 1. The van der Waals surface area contributed by atoms with Gasteiger partial charge in [-0.15, -0.1) is 0 Å². The fourth-order valence-corrected chi connectivity index (χ4v) is 2.20. The first-order valence-corrected chi connectivity index (χ1v) is 6.32. The summed E-state index contributed by atoms with van der Waals surface area (Å²) in [6.45, 7) is 4.27. The maximum Gasteiger partial charge on any atom is 0.137 e. The zero-order chi connectivity index (χ0) is 12.5. The number of pyridine rings is 1. The predicted molar refractivity (Wildman–Crippen MR) is 74.7 cm³/mol. The van der Waals surface area contributed by atoms with Gasteiger partial charge in [0, 0.05) is 17.5 Å². The van der Waals surface area contributed by atoms with E-state index in [4.69, 9.17) is 0 Å². The van der Waals surface area contributed by atoms with Crippen LogP contribution in [0.5, 0.6) is 0 Å². The van der Waals surface area contributed by atoms with Crippen molar-refractivity contribution in [3.63, 3.8) is 0 Å². The molecule has 2 heterocycles. The molecule has 0 aliphatic carbocycles. The van der Waals surface area contributed by atoms with Crippen molar-refractivity contribution in [2.45, 2.75) is 20.3 Å². The summed E-state index contributed by atoms with van der Waals surface area (Å²) in [5.41, 5.74) is 5.78. The third-order valence-corrected chi connectivity index (χ3v) is 3.35. The molecule has 3 rings (SSSR count). The van der Waals surface area contributed by atoms with Crippen molar-refractivity contribution >= 4 is 5.65 Å². The van der Waals surface area contributed by atoms with Gasteiger partial charge in [0.2, 0.25) is 0 Å². The van der Waals surface area contributed by atoms with Gasteiger partial charge in [-0.25, -0.2) is 4.98 Å². The first-order valence-electron chi connectivity index (χ1n) is 6.32. The summed E-state index contributed by atoms with van der Waals surface area (Å²) in [7, 11) is 0. The van der Waals surface area contributed by atoms with E-state index in [0.717, 1.165) is 17.8 Å². The second-order valence-corrected chi connectivity index (χ2v) is 4.57. The number of benzene rings is 1. The van der Waals surface area contributed by atoms with Gasteiger partial charge >= 0.3 is 0 Å². The Labute approximate surface area is 130 Å². The molecule has 0 N–H and O–H groups in total. The van der Waals surface area contributed by atoms with Crippen LogP contribution in [0.25, 0.3) is 16.9 Å². The van der Waals surface area contributed by atoms with Crippen LogP contribution in [0, 0.1) is 6.92 Å². The number of imidazole rings is 1. The largest absolute Gasteiger partial charge is 1.00 e. The molecule has 0 atom stereocenters. The SMILES string of the molecule is CCc1ccc(-c2cn3c(C)cccc3n2)cc1.[I-]. The van der Waals surface area contributed by atoms with Crippen LogP contribution in [-0.4, -0.2) is 9.38 Å². The number of aromatic nitrogens is 2. The summed E-state index contributed by atoms with van der Waals surface area (Å²) in [5, 5.41) is 0. The molecule has 0 saturated heterocycles. The minimum Gasteiger partial charge on any atom is -1.00 e. The molecule has 2 nitrogen and oxygen atoms in total. The van der Waals surface area contributed by atoms with E-state index >= 15 is 0 Å². The third kappa shape index (κ3) is 2.66. The highest BCUT2D eigenvalue weighted by atomic mass is 127. The lowest BCUT2D eigenvalue weighted by atomic mass is 10.1. The average molecular weight is 363 g/mol. The quantitative estimate of drug-likeness (QED) is 0.618. The Bertz CT molecular complexity index is 684.